The lowest BCUT2D eigenvalue weighted by atomic mass is 10.7. The van der Waals surface area contributed by atoms with E-state index < -0.39 is 0 Å². The second kappa shape index (κ2) is 2.98. The molecule has 0 amide bonds. The summed E-state index contributed by atoms with van der Waals surface area (Å²) in [6.45, 7) is 4.14. The number of anilines is 1. The highest BCUT2D eigenvalue weighted by Crippen LogP contribution is 1.94. The lowest BCUT2D eigenvalue weighted by molar-refractivity contribution is 0.604. The van der Waals surface area contributed by atoms with Gasteiger partial charge in [0, 0.05) is 0 Å². The molecule has 1 rings (SSSR count). The second-order valence-corrected chi connectivity index (χ2v) is 1.72. The Kier molecular flexibility index (Phi) is 2.01. The van der Waals surface area contributed by atoms with Gasteiger partial charge in [0.15, 0.2) is 5.82 Å². The molecule has 0 aliphatic carbocycles. The summed E-state index contributed by atoms with van der Waals surface area (Å²) in [6.07, 6.45) is 3.25. The summed E-state index contributed by atoms with van der Waals surface area (Å²) in [5.74, 6) is 5.62. The number of hydrazine groups is 1. The van der Waals surface area contributed by atoms with Gasteiger partial charge in [0.2, 0.25) is 0 Å². The van der Waals surface area contributed by atoms with Crippen molar-refractivity contribution in [3.8, 4) is 0 Å². The Morgan fingerprint density at radius 3 is 3.20 bits per heavy atom. The molecular formula is C5H9N5. The molecule has 0 aliphatic heterocycles. The number of rotatable bonds is 3. The Balaban J connectivity index is 2.67. The third-order valence-electron chi connectivity index (χ3n) is 0.977. The van der Waals surface area contributed by atoms with Crippen LogP contribution < -0.4 is 11.3 Å². The quantitative estimate of drug-likeness (QED) is 0.344. The molecule has 10 heavy (non-hydrogen) atoms. The molecule has 3 N–H and O–H groups in total. The van der Waals surface area contributed by atoms with Crippen molar-refractivity contribution in [1.29, 1.82) is 0 Å². The second-order valence-electron chi connectivity index (χ2n) is 1.72. The van der Waals surface area contributed by atoms with Crippen LogP contribution in [0.15, 0.2) is 18.9 Å². The predicted octanol–water partition coefficient (Wildman–Crippen LogP) is -0.250. The maximum atomic E-state index is 5.07. The molecule has 0 saturated carbocycles. The molecular weight excluding hydrogens is 130 g/mol. The summed E-state index contributed by atoms with van der Waals surface area (Å²) < 4.78 is 0. The van der Waals surface area contributed by atoms with Gasteiger partial charge < -0.3 is 5.43 Å². The lowest BCUT2D eigenvalue weighted by Crippen LogP contribution is -2.08. The van der Waals surface area contributed by atoms with Crippen LogP contribution in [0.25, 0.3) is 0 Å². The van der Waals surface area contributed by atoms with Gasteiger partial charge in [-0.2, -0.15) is 9.90 Å². The largest absolute Gasteiger partial charge is 0.306 e. The number of hydrogen-bond donors (Lipinski definition) is 2. The summed E-state index contributed by atoms with van der Waals surface area (Å²) in [7, 11) is 0. The van der Waals surface area contributed by atoms with E-state index in [4.69, 9.17) is 5.84 Å². The lowest BCUT2D eigenvalue weighted by Gasteiger charge is -1.90. The first-order chi connectivity index (χ1) is 4.86. The van der Waals surface area contributed by atoms with E-state index in [2.05, 4.69) is 22.2 Å². The van der Waals surface area contributed by atoms with E-state index in [0.717, 1.165) is 0 Å². The van der Waals surface area contributed by atoms with Crippen LogP contribution in [-0.2, 0) is 6.54 Å². The number of allylic oxidation sites excluding steroid dienone is 1. The van der Waals surface area contributed by atoms with E-state index in [1.807, 2.05) is 0 Å². The standard InChI is InChI=1S/C5H9N5/c1-2-3-10-7-4-5(8-6)9-10/h2,4H,1,3,6H2,(H,8,9). The number of hydrogen-bond acceptors (Lipinski definition) is 4. The molecule has 0 atom stereocenters. The van der Waals surface area contributed by atoms with Gasteiger partial charge in [0.25, 0.3) is 0 Å². The fraction of sp³-hybridized carbons (Fsp3) is 0.200. The monoisotopic (exact) mass is 139 g/mol. The molecule has 1 heterocycles. The zero-order valence-electron chi connectivity index (χ0n) is 5.49. The summed E-state index contributed by atoms with van der Waals surface area (Å²) in [5, 5.41) is 7.79. The van der Waals surface area contributed by atoms with Crippen LogP contribution in [0.1, 0.15) is 0 Å². The van der Waals surface area contributed by atoms with Gasteiger partial charge in [-0.1, -0.05) is 6.08 Å². The van der Waals surface area contributed by atoms with Crippen molar-refractivity contribution in [3.05, 3.63) is 18.9 Å². The highest BCUT2D eigenvalue weighted by Gasteiger charge is 1.93. The van der Waals surface area contributed by atoms with Crippen molar-refractivity contribution in [2.75, 3.05) is 5.43 Å². The predicted molar refractivity (Wildman–Crippen MR) is 38.0 cm³/mol. The Bertz CT molecular complexity index is 216. The van der Waals surface area contributed by atoms with E-state index in [-0.39, 0.29) is 0 Å². The Labute approximate surface area is 58.5 Å². The Morgan fingerprint density at radius 2 is 2.70 bits per heavy atom. The average molecular weight is 139 g/mol. The minimum absolute atomic E-state index is 0.557. The molecule has 0 fully saturated rings. The molecule has 1 aromatic heterocycles. The van der Waals surface area contributed by atoms with Gasteiger partial charge in [0.1, 0.15) is 0 Å². The molecule has 0 aliphatic rings. The summed E-state index contributed by atoms with van der Waals surface area (Å²) in [6, 6.07) is 0. The van der Waals surface area contributed by atoms with E-state index >= 15 is 0 Å². The van der Waals surface area contributed by atoms with Gasteiger partial charge >= 0.3 is 0 Å². The van der Waals surface area contributed by atoms with Crippen molar-refractivity contribution in [2.45, 2.75) is 6.54 Å². The van der Waals surface area contributed by atoms with Crippen LogP contribution in [-0.4, -0.2) is 15.0 Å². The van der Waals surface area contributed by atoms with Crippen LogP contribution in [0.4, 0.5) is 5.82 Å². The smallest absolute Gasteiger partial charge is 0.182 e. The molecule has 5 heteroatoms. The molecule has 0 bridgehead atoms. The van der Waals surface area contributed by atoms with Crippen molar-refractivity contribution < 1.29 is 0 Å². The molecule has 0 aromatic carbocycles. The molecule has 54 valence electrons. The van der Waals surface area contributed by atoms with Crippen molar-refractivity contribution in [2.24, 2.45) is 5.84 Å². The first-order valence-electron chi connectivity index (χ1n) is 2.84. The highest BCUT2D eigenvalue weighted by atomic mass is 15.5. The molecule has 0 radical (unpaired) electrons. The van der Waals surface area contributed by atoms with Gasteiger partial charge in [-0.3, -0.25) is 0 Å². The minimum Gasteiger partial charge on any atom is -0.306 e. The van der Waals surface area contributed by atoms with Gasteiger partial charge in [-0.25, -0.2) is 5.84 Å². The summed E-state index contributed by atoms with van der Waals surface area (Å²) in [5.41, 5.74) is 2.38. The molecule has 5 nitrogen and oxygen atoms in total. The fourth-order valence-electron chi connectivity index (χ4n) is 0.567. The third kappa shape index (κ3) is 1.32. The van der Waals surface area contributed by atoms with Gasteiger partial charge in [-0.15, -0.1) is 11.7 Å². The van der Waals surface area contributed by atoms with Crippen molar-refractivity contribution in [3.63, 3.8) is 0 Å². The number of nitrogens with zero attached hydrogens (tertiary/aromatic N) is 3. The summed E-state index contributed by atoms with van der Waals surface area (Å²) >= 11 is 0. The highest BCUT2D eigenvalue weighted by molar-refractivity contribution is 5.26. The van der Waals surface area contributed by atoms with Crippen molar-refractivity contribution in [1.82, 2.24) is 15.0 Å². The van der Waals surface area contributed by atoms with Crippen LogP contribution in [0.5, 0.6) is 0 Å². The van der Waals surface area contributed by atoms with Crippen molar-refractivity contribution >= 4 is 5.82 Å². The van der Waals surface area contributed by atoms with Crippen LogP contribution >= 0.6 is 0 Å². The molecule has 1 aromatic rings. The van der Waals surface area contributed by atoms with Gasteiger partial charge in [0.05, 0.1) is 12.7 Å². The zero-order chi connectivity index (χ0) is 7.40. The molecule has 0 unspecified atom stereocenters. The van der Waals surface area contributed by atoms with Crippen LogP contribution in [0.3, 0.4) is 0 Å². The Morgan fingerprint density at radius 1 is 1.90 bits per heavy atom. The van der Waals surface area contributed by atoms with E-state index in [9.17, 15) is 0 Å². The first-order valence-corrected chi connectivity index (χ1v) is 2.84. The number of aromatic nitrogens is 3. The third-order valence-corrected chi connectivity index (χ3v) is 0.977. The van der Waals surface area contributed by atoms with E-state index in [1.54, 1.807) is 12.3 Å². The zero-order valence-corrected chi connectivity index (χ0v) is 5.49. The number of nitrogen functional groups attached to an aromatic ring is 1. The van der Waals surface area contributed by atoms with E-state index in [1.165, 1.54) is 4.80 Å². The maximum Gasteiger partial charge on any atom is 0.182 e. The normalized spacial score (nSPS) is 9.30. The topological polar surface area (TPSA) is 68.8 Å². The Hall–Kier alpha value is -1.36. The maximum absolute atomic E-state index is 5.07. The SMILES string of the molecule is C=CCn1ncc(NN)n1. The van der Waals surface area contributed by atoms with Crippen LogP contribution in [0.2, 0.25) is 0 Å². The molecule has 0 saturated heterocycles. The summed E-state index contributed by atoms with van der Waals surface area (Å²) in [4.78, 5) is 1.49. The minimum atomic E-state index is 0.557. The van der Waals surface area contributed by atoms with E-state index in [0.29, 0.717) is 12.4 Å². The van der Waals surface area contributed by atoms with Gasteiger partial charge in [-0.05, 0) is 0 Å². The van der Waals surface area contributed by atoms with Crippen LogP contribution in [0, 0.1) is 0 Å². The number of nitrogens with two attached hydrogens (primary N) is 1. The first kappa shape index (κ1) is 6.76. The molecule has 0 spiro atoms. The fourth-order valence-corrected chi connectivity index (χ4v) is 0.567. The average Bonchev–Trinajstić information content (AvgIpc) is 2.37. The number of nitrogens with one attached hydrogen (secondary N) is 1.